The molecule has 1 aliphatic rings. The number of likely N-dealkylation sites (N-methyl/N-ethyl adjacent to an activating group) is 1. The lowest BCUT2D eigenvalue weighted by Gasteiger charge is -2.37. The molecule has 0 radical (unpaired) electrons. The van der Waals surface area contributed by atoms with Crippen molar-refractivity contribution in [3.63, 3.8) is 0 Å². The SMILES string of the molecule is CCC(=O)N(C)C[C@H]1Oc2ncc(C#CCc3ccccc3)cc2C(=O)N([C@@H](C)CO)C[C@H]1C. The van der Waals surface area contributed by atoms with Crippen molar-refractivity contribution in [1.82, 2.24) is 14.8 Å². The predicted molar refractivity (Wildman–Crippen MR) is 130 cm³/mol. The fourth-order valence-corrected chi connectivity index (χ4v) is 3.87. The lowest BCUT2D eigenvalue weighted by atomic mass is 9.99. The summed E-state index contributed by atoms with van der Waals surface area (Å²) in [6.07, 6.45) is 2.24. The number of amides is 2. The molecule has 0 aliphatic carbocycles. The van der Waals surface area contributed by atoms with Crippen molar-refractivity contribution in [3.05, 3.63) is 59.3 Å². The molecule has 2 amide bonds. The number of pyridine rings is 1. The van der Waals surface area contributed by atoms with Gasteiger partial charge in [-0.15, -0.1) is 0 Å². The minimum absolute atomic E-state index is 0.0201. The summed E-state index contributed by atoms with van der Waals surface area (Å²) in [6.45, 7) is 6.23. The molecule has 2 aromatic rings. The number of ether oxygens (including phenoxy) is 1. The molecule has 1 aliphatic heterocycles. The highest BCUT2D eigenvalue weighted by Crippen LogP contribution is 2.27. The third-order valence-corrected chi connectivity index (χ3v) is 6.07. The van der Waals surface area contributed by atoms with Crippen molar-refractivity contribution in [2.75, 3.05) is 26.7 Å². The summed E-state index contributed by atoms with van der Waals surface area (Å²) in [5, 5.41) is 9.78. The summed E-state index contributed by atoms with van der Waals surface area (Å²) in [5.41, 5.74) is 2.04. The van der Waals surface area contributed by atoms with E-state index in [1.165, 1.54) is 0 Å². The van der Waals surface area contributed by atoms with Crippen LogP contribution in [0.2, 0.25) is 0 Å². The van der Waals surface area contributed by atoms with Crippen molar-refractivity contribution in [2.24, 2.45) is 5.92 Å². The number of rotatable bonds is 6. The molecule has 180 valence electrons. The fourth-order valence-electron chi connectivity index (χ4n) is 3.87. The van der Waals surface area contributed by atoms with Gasteiger partial charge in [0.25, 0.3) is 5.91 Å². The van der Waals surface area contributed by atoms with Crippen molar-refractivity contribution in [1.29, 1.82) is 0 Å². The average molecular weight is 464 g/mol. The minimum Gasteiger partial charge on any atom is -0.472 e. The van der Waals surface area contributed by atoms with Crippen LogP contribution in [0.1, 0.15) is 48.7 Å². The summed E-state index contributed by atoms with van der Waals surface area (Å²) in [7, 11) is 1.75. The maximum absolute atomic E-state index is 13.4. The molecular formula is C27H33N3O4. The van der Waals surface area contributed by atoms with E-state index in [2.05, 4.69) is 16.8 Å². The first-order valence-corrected chi connectivity index (χ1v) is 11.7. The Balaban J connectivity index is 1.93. The van der Waals surface area contributed by atoms with Gasteiger partial charge in [0.1, 0.15) is 11.7 Å². The molecule has 0 spiro atoms. The molecule has 1 aromatic carbocycles. The van der Waals surface area contributed by atoms with Gasteiger partial charge < -0.3 is 19.6 Å². The van der Waals surface area contributed by atoms with Crippen molar-refractivity contribution in [3.8, 4) is 17.7 Å². The molecule has 2 heterocycles. The Bertz CT molecular complexity index is 1060. The van der Waals surface area contributed by atoms with Gasteiger partial charge in [-0.3, -0.25) is 9.59 Å². The van der Waals surface area contributed by atoms with Crippen LogP contribution in [-0.2, 0) is 11.2 Å². The zero-order valence-electron chi connectivity index (χ0n) is 20.3. The highest BCUT2D eigenvalue weighted by molar-refractivity contribution is 5.97. The minimum atomic E-state index is -0.371. The molecule has 3 rings (SSSR count). The van der Waals surface area contributed by atoms with E-state index in [9.17, 15) is 14.7 Å². The first kappa shape index (κ1) is 25.3. The Morgan fingerprint density at radius 3 is 2.76 bits per heavy atom. The van der Waals surface area contributed by atoms with Gasteiger partial charge in [0.15, 0.2) is 0 Å². The summed E-state index contributed by atoms with van der Waals surface area (Å²) >= 11 is 0. The zero-order valence-corrected chi connectivity index (χ0v) is 20.3. The quantitative estimate of drug-likeness (QED) is 0.666. The molecule has 0 fully saturated rings. The van der Waals surface area contributed by atoms with Gasteiger partial charge in [0.05, 0.1) is 19.2 Å². The fraction of sp³-hybridized carbons (Fsp3) is 0.444. The summed E-state index contributed by atoms with van der Waals surface area (Å²) < 4.78 is 6.21. The van der Waals surface area contributed by atoms with Crippen LogP contribution in [0.25, 0.3) is 0 Å². The van der Waals surface area contributed by atoms with Crippen molar-refractivity contribution < 1.29 is 19.4 Å². The van der Waals surface area contributed by atoms with Crippen LogP contribution in [-0.4, -0.2) is 70.6 Å². The summed E-state index contributed by atoms with van der Waals surface area (Å²) in [4.78, 5) is 33.3. The second kappa shape index (κ2) is 11.7. The lowest BCUT2D eigenvalue weighted by Crippen LogP contribution is -2.50. The third-order valence-electron chi connectivity index (χ3n) is 6.07. The summed E-state index contributed by atoms with van der Waals surface area (Å²) in [6, 6.07) is 11.3. The van der Waals surface area contributed by atoms with Gasteiger partial charge in [0.2, 0.25) is 11.8 Å². The number of hydrogen-bond donors (Lipinski definition) is 1. The lowest BCUT2D eigenvalue weighted by molar-refractivity contribution is -0.131. The highest BCUT2D eigenvalue weighted by atomic mass is 16.5. The monoisotopic (exact) mass is 463 g/mol. The maximum Gasteiger partial charge on any atom is 0.259 e. The van der Waals surface area contributed by atoms with E-state index in [0.29, 0.717) is 37.1 Å². The van der Waals surface area contributed by atoms with Gasteiger partial charge in [-0.25, -0.2) is 4.98 Å². The Labute approximate surface area is 201 Å². The average Bonchev–Trinajstić information content (AvgIpc) is 2.85. The summed E-state index contributed by atoms with van der Waals surface area (Å²) in [5.74, 6) is 6.14. The molecule has 0 saturated carbocycles. The number of hydrogen-bond acceptors (Lipinski definition) is 5. The molecule has 0 unspecified atom stereocenters. The number of fused-ring (bicyclic) bond motifs is 1. The van der Waals surface area contributed by atoms with Crippen LogP contribution >= 0.6 is 0 Å². The zero-order chi connectivity index (χ0) is 24.7. The second-order valence-corrected chi connectivity index (χ2v) is 8.79. The van der Waals surface area contributed by atoms with Gasteiger partial charge in [-0.2, -0.15) is 0 Å². The molecular weight excluding hydrogens is 430 g/mol. The first-order chi connectivity index (χ1) is 16.3. The second-order valence-electron chi connectivity index (χ2n) is 8.79. The molecule has 3 atom stereocenters. The van der Waals surface area contributed by atoms with Crippen molar-refractivity contribution >= 4 is 11.8 Å². The smallest absolute Gasteiger partial charge is 0.259 e. The molecule has 34 heavy (non-hydrogen) atoms. The van der Waals surface area contributed by atoms with Crippen molar-refractivity contribution in [2.45, 2.75) is 45.8 Å². The number of aliphatic hydroxyl groups excluding tert-OH is 1. The third kappa shape index (κ3) is 6.15. The van der Waals surface area contributed by atoms with E-state index in [-0.39, 0.29) is 42.4 Å². The van der Waals surface area contributed by atoms with Gasteiger partial charge in [0, 0.05) is 44.1 Å². The largest absolute Gasteiger partial charge is 0.472 e. The van der Waals surface area contributed by atoms with Crippen LogP contribution in [0.4, 0.5) is 0 Å². The Hall–Kier alpha value is -3.37. The predicted octanol–water partition coefficient (Wildman–Crippen LogP) is 2.76. The van der Waals surface area contributed by atoms with Crippen LogP contribution in [0.5, 0.6) is 5.88 Å². The Kier molecular flexibility index (Phi) is 8.67. The molecule has 0 bridgehead atoms. The first-order valence-electron chi connectivity index (χ1n) is 11.7. The van der Waals surface area contributed by atoms with E-state index in [0.717, 1.165) is 5.56 Å². The molecule has 1 aromatic heterocycles. The maximum atomic E-state index is 13.4. The van der Waals surface area contributed by atoms with Crippen LogP contribution in [0.15, 0.2) is 42.6 Å². The molecule has 1 N–H and O–H groups in total. The van der Waals surface area contributed by atoms with E-state index in [4.69, 9.17) is 4.74 Å². The Morgan fingerprint density at radius 1 is 1.35 bits per heavy atom. The Morgan fingerprint density at radius 2 is 2.09 bits per heavy atom. The van der Waals surface area contributed by atoms with E-state index < -0.39 is 0 Å². The van der Waals surface area contributed by atoms with Crippen LogP contribution in [0.3, 0.4) is 0 Å². The van der Waals surface area contributed by atoms with E-state index in [1.807, 2.05) is 51.1 Å². The molecule has 7 heteroatoms. The van der Waals surface area contributed by atoms with E-state index in [1.54, 1.807) is 29.1 Å². The number of carbonyl (C=O) groups is 2. The number of nitrogens with zero attached hydrogens (tertiary/aromatic N) is 3. The number of carbonyl (C=O) groups excluding carboxylic acids is 2. The molecule has 0 saturated heterocycles. The van der Waals surface area contributed by atoms with Crippen LogP contribution < -0.4 is 4.74 Å². The highest BCUT2D eigenvalue weighted by Gasteiger charge is 2.34. The topological polar surface area (TPSA) is 83.0 Å². The normalized spacial score (nSPS) is 18.5. The number of aliphatic hydroxyl groups is 1. The van der Waals surface area contributed by atoms with Gasteiger partial charge >= 0.3 is 0 Å². The van der Waals surface area contributed by atoms with Gasteiger partial charge in [-0.1, -0.05) is 56.0 Å². The standard InChI is InChI=1S/C27H33N3O4/c1-5-25(32)29(4)17-24-19(2)16-30(20(3)18-31)27(33)23-14-22(15-28-26(23)34-24)13-9-12-21-10-7-6-8-11-21/h6-8,10-11,14-15,19-20,24,31H,5,12,16-18H2,1-4H3/t19-,20+,24-/m1/s1. The van der Waals surface area contributed by atoms with E-state index >= 15 is 0 Å². The number of aromatic nitrogens is 1. The van der Waals surface area contributed by atoms with Gasteiger partial charge in [-0.05, 0) is 18.6 Å². The number of benzene rings is 1. The molecule has 7 nitrogen and oxygen atoms in total. The van der Waals surface area contributed by atoms with Crippen LogP contribution in [0, 0.1) is 17.8 Å².